The van der Waals surface area contributed by atoms with E-state index in [1.165, 1.54) is 5.56 Å². The van der Waals surface area contributed by atoms with Crippen LogP contribution in [0.2, 0.25) is 0 Å². The fourth-order valence-corrected chi connectivity index (χ4v) is 4.00. The minimum Gasteiger partial charge on any atom is -0.486 e. The molecule has 4 rings (SSSR count). The second-order valence-electron chi connectivity index (χ2n) is 7.51. The van der Waals surface area contributed by atoms with Gasteiger partial charge in [-0.3, -0.25) is 4.99 Å². The maximum atomic E-state index is 6.01. The van der Waals surface area contributed by atoms with Crippen LogP contribution >= 0.6 is 24.0 Å². The average Bonchev–Trinajstić information content (AvgIpc) is 3.23. The van der Waals surface area contributed by atoms with Gasteiger partial charge in [-0.05, 0) is 29.7 Å². The summed E-state index contributed by atoms with van der Waals surface area (Å²) in [4.78, 5) is 6.59. The highest BCUT2D eigenvalue weighted by Crippen LogP contribution is 2.34. The Kier molecular flexibility index (Phi) is 8.21. The zero-order valence-corrected chi connectivity index (χ0v) is 19.9. The van der Waals surface area contributed by atoms with E-state index in [0.29, 0.717) is 19.1 Å². The minimum atomic E-state index is 0. The first-order valence-corrected chi connectivity index (χ1v) is 10.2. The highest BCUT2D eigenvalue weighted by atomic mass is 127. The topological polar surface area (TPSA) is 55.3 Å². The maximum Gasteiger partial charge on any atom is 0.193 e. The average molecular weight is 523 g/mol. The summed E-state index contributed by atoms with van der Waals surface area (Å²) in [5.41, 5.74) is 2.41. The van der Waals surface area contributed by atoms with Crippen LogP contribution in [-0.2, 0) is 11.3 Å². The Morgan fingerprint density at radius 3 is 2.60 bits per heavy atom. The predicted octanol–water partition coefficient (Wildman–Crippen LogP) is 3.86. The van der Waals surface area contributed by atoms with Gasteiger partial charge in [0, 0.05) is 39.7 Å². The number of hydrogen-bond acceptors (Lipinski definition) is 4. The van der Waals surface area contributed by atoms with Gasteiger partial charge in [-0.2, -0.15) is 0 Å². The first-order chi connectivity index (χ1) is 14.2. The first kappa shape index (κ1) is 22.7. The van der Waals surface area contributed by atoms with E-state index in [0.717, 1.165) is 49.1 Å². The smallest absolute Gasteiger partial charge is 0.193 e. The third-order valence-electron chi connectivity index (χ3n) is 5.46. The van der Waals surface area contributed by atoms with Crippen molar-refractivity contribution in [3.05, 3.63) is 59.7 Å². The van der Waals surface area contributed by atoms with Crippen molar-refractivity contribution in [3.63, 3.8) is 0 Å². The molecule has 1 N–H and O–H groups in total. The quantitative estimate of drug-likeness (QED) is 0.367. The Labute approximate surface area is 195 Å². The number of benzene rings is 2. The first-order valence-electron chi connectivity index (χ1n) is 10.2. The molecule has 2 atom stereocenters. The normalized spacial score (nSPS) is 20.4. The van der Waals surface area contributed by atoms with Crippen LogP contribution in [0.4, 0.5) is 0 Å². The van der Waals surface area contributed by atoms with E-state index in [1.807, 2.05) is 26.2 Å². The van der Waals surface area contributed by atoms with E-state index in [-0.39, 0.29) is 30.1 Å². The van der Waals surface area contributed by atoms with Gasteiger partial charge in [-0.25, -0.2) is 0 Å². The maximum absolute atomic E-state index is 6.01. The molecule has 0 radical (unpaired) electrons. The number of aliphatic imine (C=N–C) groups is 1. The molecule has 2 heterocycles. The third-order valence-corrected chi connectivity index (χ3v) is 5.46. The number of nitrogens with zero attached hydrogens (tertiary/aromatic N) is 2. The molecule has 7 heteroatoms. The van der Waals surface area contributed by atoms with Crippen LogP contribution in [0.15, 0.2) is 53.5 Å². The van der Waals surface area contributed by atoms with Crippen molar-refractivity contribution in [1.29, 1.82) is 0 Å². The van der Waals surface area contributed by atoms with Gasteiger partial charge in [-0.1, -0.05) is 36.4 Å². The van der Waals surface area contributed by atoms with E-state index in [4.69, 9.17) is 14.2 Å². The summed E-state index contributed by atoms with van der Waals surface area (Å²) < 4.78 is 17.3. The monoisotopic (exact) mass is 523 g/mol. The molecule has 162 valence electrons. The fraction of sp³-hybridized carbons (Fsp3) is 0.435. The van der Waals surface area contributed by atoms with E-state index in [9.17, 15) is 0 Å². The summed E-state index contributed by atoms with van der Waals surface area (Å²) in [7, 11) is 3.87. The van der Waals surface area contributed by atoms with E-state index < -0.39 is 0 Å². The number of halogens is 1. The summed E-state index contributed by atoms with van der Waals surface area (Å²) in [6, 6.07) is 16.6. The standard InChI is InChI=1S/C23H29N3O3.HI/c1-24-23(25-15-19-10-11-29-22(19)18-6-4-3-5-7-18)26(2)16-17-8-9-20-21(14-17)28-13-12-27-20;/h3-9,14,19,22H,10-13,15-16H2,1-2H3,(H,24,25);1H. The van der Waals surface area contributed by atoms with Crippen LogP contribution in [0.1, 0.15) is 23.7 Å². The Balaban J connectivity index is 0.00000256. The fourth-order valence-electron chi connectivity index (χ4n) is 4.00. The minimum absolute atomic E-state index is 0. The molecule has 2 aliphatic heterocycles. The second kappa shape index (κ2) is 10.9. The number of guanidine groups is 1. The Morgan fingerprint density at radius 1 is 1.07 bits per heavy atom. The van der Waals surface area contributed by atoms with Crippen molar-refractivity contribution >= 4 is 29.9 Å². The molecule has 1 saturated heterocycles. The highest BCUT2D eigenvalue weighted by Gasteiger charge is 2.29. The van der Waals surface area contributed by atoms with Gasteiger partial charge in [0.15, 0.2) is 17.5 Å². The zero-order chi connectivity index (χ0) is 20.1. The van der Waals surface area contributed by atoms with Gasteiger partial charge in [0.1, 0.15) is 13.2 Å². The Bertz CT molecular complexity index is 847. The molecule has 2 aliphatic rings. The largest absolute Gasteiger partial charge is 0.486 e. The van der Waals surface area contributed by atoms with Crippen LogP contribution in [0.3, 0.4) is 0 Å². The molecule has 0 saturated carbocycles. The van der Waals surface area contributed by atoms with E-state index >= 15 is 0 Å². The molecular weight excluding hydrogens is 493 g/mol. The molecule has 1 fully saturated rings. The van der Waals surface area contributed by atoms with Gasteiger partial charge in [0.2, 0.25) is 0 Å². The van der Waals surface area contributed by atoms with Gasteiger partial charge in [-0.15, -0.1) is 24.0 Å². The van der Waals surface area contributed by atoms with Crippen LogP contribution in [0, 0.1) is 5.92 Å². The number of ether oxygens (including phenoxy) is 3. The number of nitrogens with one attached hydrogen (secondary N) is 1. The van der Waals surface area contributed by atoms with Crippen molar-refractivity contribution in [1.82, 2.24) is 10.2 Å². The summed E-state index contributed by atoms with van der Waals surface area (Å²) in [6.07, 6.45) is 1.19. The van der Waals surface area contributed by atoms with Crippen LogP contribution in [0.25, 0.3) is 0 Å². The second-order valence-corrected chi connectivity index (χ2v) is 7.51. The van der Waals surface area contributed by atoms with Crippen LogP contribution in [0.5, 0.6) is 11.5 Å². The highest BCUT2D eigenvalue weighted by molar-refractivity contribution is 14.0. The summed E-state index contributed by atoms with van der Waals surface area (Å²) in [5.74, 6) is 2.94. The lowest BCUT2D eigenvalue weighted by Gasteiger charge is -2.26. The van der Waals surface area contributed by atoms with Gasteiger partial charge < -0.3 is 24.4 Å². The van der Waals surface area contributed by atoms with Gasteiger partial charge >= 0.3 is 0 Å². The Morgan fingerprint density at radius 2 is 1.83 bits per heavy atom. The summed E-state index contributed by atoms with van der Waals surface area (Å²) in [5, 5.41) is 3.53. The number of hydrogen-bond donors (Lipinski definition) is 1. The van der Waals surface area contributed by atoms with Crippen LogP contribution in [-0.4, -0.2) is 51.3 Å². The number of rotatable bonds is 5. The van der Waals surface area contributed by atoms with Gasteiger partial charge in [0.25, 0.3) is 0 Å². The molecule has 0 amide bonds. The molecule has 0 spiro atoms. The Hall–Kier alpha value is -2.00. The lowest BCUT2D eigenvalue weighted by molar-refractivity contribution is 0.0914. The van der Waals surface area contributed by atoms with Gasteiger partial charge in [0.05, 0.1) is 6.10 Å². The van der Waals surface area contributed by atoms with Crippen molar-refractivity contribution in [3.8, 4) is 11.5 Å². The predicted molar refractivity (Wildman–Crippen MR) is 129 cm³/mol. The molecule has 2 aromatic carbocycles. The zero-order valence-electron chi connectivity index (χ0n) is 17.5. The molecular formula is C23H30IN3O3. The summed E-state index contributed by atoms with van der Waals surface area (Å²) in [6.45, 7) is 3.58. The molecule has 0 bridgehead atoms. The molecule has 0 aliphatic carbocycles. The third kappa shape index (κ3) is 5.37. The van der Waals surface area contributed by atoms with Crippen molar-refractivity contribution in [2.45, 2.75) is 19.1 Å². The van der Waals surface area contributed by atoms with Crippen LogP contribution < -0.4 is 14.8 Å². The van der Waals surface area contributed by atoms with Crippen molar-refractivity contribution < 1.29 is 14.2 Å². The lowest BCUT2D eigenvalue weighted by atomic mass is 9.95. The van der Waals surface area contributed by atoms with Crippen molar-refractivity contribution in [2.75, 3.05) is 40.5 Å². The number of fused-ring (bicyclic) bond motifs is 1. The SMILES string of the molecule is CN=C(NCC1CCOC1c1ccccc1)N(C)Cc1ccc2c(c1)OCCO2.I. The molecule has 0 aromatic heterocycles. The van der Waals surface area contributed by atoms with E-state index in [2.05, 4.69) is 51.6 Å². The molecule has 2 unspecified atom stereocenters. The van der Waals surface area contributed by atoms with Crippen molar-refractivity contribution in [2.24, 2.45) is 10.9 Å². The van der Waals surface area contributed by atoms with E-state index in [1.54, 1.807) is 0 Å². The summed E-state index contributed by atoms with van der Waals surface area (Å²) >= 11 is 0. The molecule has 2 aromatic rings. The lowest BCUT2D eigenvalue weighted by Crippen LogP contribution is -2.41. The molecule has 30 heavy (non-hydrogen) atoms. The molecule has 6 nitrogen and oxygen atoms in total.